The highest BCUT2D eigenvalue weighted by Gasteiger charge is 2.21. The summed E-state index contributed by atoms with van der Waals surface area (Å²) in [6.45, 7) is 3.58. The highest BCUT2D eigenvalue weighted by molar-refractivity contribution is 6.04. The van der Waals surface area contributed by atoms with Gasteiger partial charge >= 0.3 is 0 Å². The van der Waals surface area contributed by atoms with E-state index in [0.29, 0.717) is 28.5 Å². The van der Waals surface area contributed by atoms with Crippen molar-refractivity contribution in [1.29, 1.82) is 0 Å². The normalized spacial score (nSPS) is 10.9. The third kappa shape index (κ3) is 3.29. The van der Waals surface area contributed by atoms with Gasteiger partial charge in [0.2, 0.25) is 0 Å². The van der Waals surface area contributed by atoms with Crippen molar-refractivity contribution in [3.8, 4) is 16.9 Å². The van der Waals surface area contributed by atoms with Crippen LogP contribution in [0.3, 0.4) is 0 Å². The highest BCUT2D eigenvalue weighted by atomic mass is 19.1. The number of aromatic nitrogens is 4. The van der Waals surface area contributed by atoms with Crippen molar-refractivity contribution in [2.24, 2.45) is 0 Å². The van der Waals surface area contributed by atoms with Gasteiger partial charge in [-0.2, -0.15) is 5.10 Å². The minimum Gasteiger partial charge on any atom is -0.495 e. The van der Waals surface area contributed by atoms with Crippen LogP contribution < -0.4 is 10.1 Å². The van der Waals surface area contributed by atoms with Crippen molar-refractivity contribution >= 4 is 17.2 Å². The lowest BCUT2D eigenvalue weighted by molar-refractivity contribution is 0.101. The fourth-order valence-corrected chi connectivity index (χ4v) is 3.20. The molecular formula is C21H18FN5O2. The van der Waals surface area contributed by atoms with Crippen LogP contribution in [0, 0.1) is 19.7 Å². The van der Waals surface area contributed by atoms with Crippen LogP contribution in [0.4, 0.5) is 10.1 Å². The summed E-state index contributed by atoms with van der Waals surface area (Å²) in [7, 11) is 1.53. The maximum atomic E-state index is 13.3. The van der Waals surface area contributed by atoms with Crippen molar-refractivity contribution in [3.05, 3.63) is 71.4 Å². The highest BCUT2D eigenvalue weighted by Crippen LogP contribution is 2.28. The lowest BCUT2D eigenvalue weighted by atomic mass is 10.1. The molecule has 0 aliphatic rings. The lowest BCUT2D eigenvalue weighted by Gasteiger charge is -2.10. The summed E-state index contributed by atoms with van der Waals surface area (Å²) in [6, 6.07) is 13.2. The molecule has 0 aliphatic carbocycles. The Hall–Kier alpha value is -3.81. The van der Waals surface area contributed by atoms with Crippen molar-refractivity contribution in [3.63, 3.8) is 0 Å². The largest absolute Gasteiger partial charge is 0.495 e. The number of halogens is 1. The number of aryl methyl sites for hydroxylation is 2. The fraction of sp³-hybridized carbons (Fsp3) is 0.143. The van der Waals surface area contributed by atoms with Gasteiger partial charge in [0, 0.05) is 0 Å². The molecule has 7 nitrogen and oxygen atoms in total. The fourth-order valence-electron chi connectivity index (χ4n) is 3.20. The molecule has 4 aromatic rings. The Kier molecular flexibility index (Phi) is 4.67. The molecule has 2 aromatic carbocycles. The Morgan fingerprint density at radius 2 is 1.79 bits per heavy atom. The van der Waals surface area contributed by atoms with Gasteiger partial charge in [0.15, 0.2) is 11.3 Å². The van der Waals surface area contributed by atoms with Crippen molar-refractivity contribution in [2.45, 2.75) is 13.8 Å². The van der Waals surface area contributed by atoms with E-state index in [2.05, 4.69) is 20.6 Å². The number of para-hydroxylation sites is 2. The number of nitrogens with one attached hydrogen (secondary N) is 1. The molecule has 146 valence electrons. The van der Waals surface area contributed by atoms with Crippen LogP contribution in [0.2, 0.25) is 0 Å². The molecule has 1 N–H and O–H groups in total. The van der Waals surface area contributed by atoms with Gasteiger partial charge in [-0.15, -0.1) is 10.2 Å². The number of fused-ring (bicyclic) bond motifs is 1. The van der Waals surface area contributed by atoms with E-state index in [1.807, 2.05) is 13.0 Å². The first-order valence-electron chi connectivity index (χ1n) is 8.92. The first-order valence-corrected chi connectivity index (χ1v) is 8.92. The lowest BCUT2D eigenvalue weighted by Crippen LogP contribution is -2.19. The van der Waals surface area contributed by atoms with Crippen LogP contribution in [0.5, 0.6) is 5.75 Å². The molecule has 1 amide bonds. The van der Waals surface area contributed by atoms with Gasteiger partial charge in [0.25, 0.3) is 5.91 Å². The Balaban J connectivity index is 1.75. The van der Waals surface area contributed by atoms with E-state index < -0.39 is 5.91 Å². The van der Waals surface area contributed by atoms with Crippen molar-refractivity contribution in [2.75, 3.05) is 12.4 Å². The monoisotopic (exact) mass is 391 g/mol. The molecule has 0 saturated carbocycles. The Morgan fingerprint density at radius 1 is 1.07 bits per heavy atom. The third-order valence-electron chi connectivity index (χ3n) is 4.64. The molecule has 29 heavy (non-hydrogen) atoms. The molecule has 2 aromatic heterocycles. The van der Waals surface area contributed by atoms with Crippen LogP contribution in [-0.2, 0) is 0 Å². The summed E-state index contributed by atoms with van der Waals surface area (Å²) in [5, 5.41) is 15.7. The number of carbonyl (C=O) groups excluding carboxylic acids is 1. The summed E-state index contributed by atoms with van der Waals surface area (Å²) in [5.41, 5.74) is 3.95. The van der Waals surface area contributed by atoms with Gasteiger partial charge in [-0.25, -0.2) is 8.91 Å². The van der Waals surface area contributed by atoms with E-state index in [4.69, 9.17) is 4.74 Å². The van der Waals surface area contributed by atoms with Crippen LogP contribution in [-0.4, -0.2) is 32.8 Å². The van der Waals surface area contributed by atoms with Crippen LogP contribution in [0.25, 0.3) is 16.8 Å². The zero-order valence-electron chi connectivity index (χ0n) is 16.1. The van der Waals surface area contributed by atoms with Crippen molar-refractivity contribution < 1.29 is 13.9 Å². The predicted molar refractivity (Wildman–Crippen MR) is 107 cm³/mol. The number of hydrogen-bond donors (Lipinski definition) is 1. The van der Waals surface area contributed by atoms with Crippen LogP contribution >= 0.6 is 0 Å². The molecule has 0 unspecified atom stereocenters. The maximum Gasteiger partial charge on any atom is 0.278 e. The van der Waals surface area contributed by atoms with Crippen LogP contribution in [0.1, 0.15) is 21.9 Å². The molecule has 2 heterocycles. The van der Waals surface area contributed by atoms with Crippen LogP contribution in [0.15, 0.2) is 48.5 Å². The minimum absolute atomic E-state index is 0.150. The number of amides is 1. The molecule has 8 heteroatoms. The average molecular weight is 391 g/mol. The first-order chi connectivity index (χ1) is 14.0. The minimum atomic E-state index is -0.419. The summed E-state index contributed by atoms with van der Waals surface area (Å²) in [4.78, 5) is 12.8. The predicted octanol–water partition coefficient (Wildman–Crippen LogP) is 3.81. The van der Waals surface area contributed by atoms with Crippen molar-refractivity contribution in [1.82, 2.24) is 19.8 Å². The molecule has 0 fully saturated rings. The molecule has 0 aliphatic heterocycles. The van der Waals surface area contributed by atoms with Gasteiger partial charge in [0.05, 0.1) is 29.7 Å². The third-order valence-corrected chi connectivity index (χ3v) is 4.64. The standard InChI is InChI=1S/C21H18FN5O2/c1-12-18(14-8-10-15(22)11-9-14)20-25-24-19(13(2)27(20)26-12)21(28)23-16-6-4-5-7-17(16)29-3/h4-11H,1-3H3,(H,23,28). The van der Waals surface area contributed by atoms with Gasteiger partial charge in [0.1, 0.15) is 11.6 Å². The second kappa shape index (κ2) is 7.31. The number of benzene rings is 2. The molecule has 4 rings (SSSR count). The number of methoxy groups -OCH3 is 1. The van der Waals surface area contributed by atoms with Gasteiger partial charge in [-0.05, 0) is 43.7 Å². The average Bonchev–Trinajstić information content (AvgIpc) is 3.06. The Labute approximate surface area is 166 Å². The molecule has 0 saturated heterocycles. The summed E-state index contributed by atoms with van der Waals surface area (Å²) < 4.78 is 20.1. The molecular weight excluding hydrogens is 373 g/mol. The second-order valence-electron chi connectivity index (χ2n) is 6.49. The van der Waals surface area contributed by atoms with Gasteiger partial charge in [-0.1, -0.05) is 24.3 Å². The zero-order chi connectivity index (χ0) is 20.5. The van der Waals surface area contributed by atoms with Gasteiger partial charge < -0.3 is 10.1 Å². The van der Waals surface area contributed by atoms with E-state index in [-0.39, 0.29) is 11.5 Å². The summed E-state index contributed by atoms with van der Waals surface area (Å²) in [5.74, 6) is -0.195. The number of nitrogens with zero attached hydrogens (tertiary/aromatic N) is 4. The summed E-state index contributed by atoms with van der Waals surface area (Å²) in [6.07, 6.45) is 0. The van der Waals surface area contributed by atoms with E-state index in [0.717, 1.165) is 11.1 Å². The molecule has 0 radical (unpaired) electrons. The van der Waals surface area contributed by atoms with E-state index in [1.54, 1.807) is 41.8 Å². The number of anilines is 1. The maximum absolute atomic E-state index is 13.3. The number of carbonyl (C=O) groups is 1. The number of hydrogen-bond acceptors (Lipinski definition) is 5. The Morgan fingerprint density at radius 3 is 2.52 bits per heavy atom. The summed E-state index contributed by atoms with van der Waals surface area (Å²) >= 11 is 0. The number of rotatable bonds is 4. The first kappa shape index (κ1) is 18.5. The molecule has 0 atom stereocenters. The second-order valence-corrected chi connectivity index (χ2v) is 6.49. The van der Waals surface area contributed by atoms with Gasteiger partial charge in [-0.3, -0.25) is 4.79 Å². The number of ether oxygens (including phenoxy) is 1. The molecule has 0 spiro atoms. The quantitative estimate of drug-likeness (QED) is 0.572. The Bertz CT molecular complexity index is 1220. The van der Waals surface area contributed by atoms with E-state index in [9.17, 15) is 9.18 Å². The topological polar surface area (TPSA) is 81.4 Å². The zero-order valence-corrected chi connectivity index (χ0v) is 16.1. The van der Waals surface area contributed by atoms with E-state index >= 15 is 0 Å². The molecule has 0 bridgehead atoms. The van der Waals surface area contributed by atoms with E-state index in [1.165, 1.54) is 19.2 Å². The smallest absolute Gasteiger partial charge is 0.278 e. The SMILES string of the molecule is COc1ccccc1NC(=O)c1nnc2c(-c3ccc(F)cc3)c(C)nn2c1C.